The number of hydrogen-bond donors (Lipinski definition) is 3. The second kappa shape index (κ2) is 12.2. The number of aromatic nitrogens is 1. The average Bonchev–Trinajstić information content (AvgIpc) is 3.43. The van der Waals surface area contributed by atoms with Crippen LogP contribution in [0.1, 0.15) is 46.5 Å². The molecule has 1 aromatic carbocycles. The van der Waals surface area contributed by atoms with Gasteiger partial charge in [-0.3, -0.25) is 4.79 Å². The van der Waals surface area contributed by atoms with Gasteiger partial charge >= 0.3 is 6.09 Å². The molecule has 0 bridgehead atoms. The zero-order valence-corrected chi connectivity index (χ0v) is 22.2. The summed E-state index contributed by atoms with van der Waals surface area (Å²) in [6.45, 7) is 5.17. The Bertz CT molecular complexity index is 1210. The first-order valence-electron chi connectivity index (χ1n) is 12.1. The summed E-state index contributed by atoms with van der Waals surface area (Å²) < 4.78 is 11.1. The van der Waals surface area contributed by atoms with E-state index in [0.29, 0.717) is 43.3 Å². The van der Waals surface area contributed by atoms with Crippen molar-refractivity contribution in [1.29, 1.82) is 0 Å². The number of benzene rings is 1. The summed E-state index contributed by atoms with van der Waals surface area (Å²) in [5.41, 5.74) is 10.1. The van der Waals surface area contributed by atoms with Crippen molar-refractivity contribution >= 4 is 45.4 Å². The Balaban J connectivity index is 1.25. The number of rotatable bonds is 10. The molecule has 192 valence electrons. The number of para-hydroxylation sites is 1. The average molecular weight is 529 g/mol. The van der Waals surface area contributed by atoms with Gasteiger partial charge in [-0.15, -0.1) is 22.7 Å². The lowest BCUT2D eigenvalue weighted by Crippen LogP contribution is -2.27. The maximum atomic E-state index is 12.7. The number of hydrogen-bond acceptors (Lipinski definition) is 8. The summed E-state index contributed by atoms with van der Waals surface area (Å²) in [6.07, 6.45) is 2.98. The minimum Gasteiger partial charge on any atom is -0.494 e. The quantitative estimate of drug-likeness (QED) is 0.337. The van der Waals surface area contributed by atoms with Crippen LogP contribution in [0, 0.1) is 12.8 Å². The number of thiazole rings is 1. The van der Waals surface area contributed by atoms with E-state index in [4.69, 9.17) is 15.2 Å². The molecule has 2 heterocycles. The second-order valence-corrected chi connectivity index (χ2v) is 10.8. The normalized spacial score (nSPS) is 14.7. The summed E-state index contributed by atoms with van der Waals surface area (Å²) in [7, 11) is 0. The van der Waals surface area contributed by atoms with Crippen molar-refractivity contribution in [1.82, 2.24) is 10.3 Å². The first-order chi connectivity index (χ1) is 17.4. The number of amides is 2. The Morgan fingerprint density at radius 3 is 2.89 bits per heavy atom. The Morgan fingerprint density at radius 1 is 1.28 bits per heavy atom. The van der Waals surface area contributed by atoms with E-state index in [2.05, 4.69) is 15.6 Å². The van der Waals surface area contributed by atoms with Gasteiger partial charge in [0.15, 0.2) is 0 Å². The van der Waals surface area contributed by atoms with Crippen LogP contribution in [0.25, 0.3) is 0 Å². The van der Waals surface area contributed by atoms with Gasteiger partial charge in [0, 0.05) is 22.4 Å². The van der Waals surface area contributed by atoms with Crippen LogP contribution in [0.15, 0.2) is 29.6 Å². The maximum Gasteiger partial charge on any atom is 0.407 e. The Morgan fingerprint density at radius 2 is 2.11 bits per heavy atom. The number of fused-ring (bicyclic) bond motifs is 1. The summed E-state index contributed by atoms with van der Waals surface area (Å²) >= 11 is 3.04. The molecule has 0 aliphatic heterocycles. The minimum absolute atomic E-state index is 0.0708. The Kier molecular flexibility index (Phi) is 8.82. The lowest BCUT2D eigenvalue weighted by atomic mass is 9.89. The molecule has 1 atom stereocenters. The number of thiophene rings is 1. The zero-order chi connectivity index (χ0) is 25.5. The SMILES string of the molecule is CCOc1ccccc1CCC(=O)Nc1sc2c(c1N)CCC(COC(=O)NCc1nc(C)cs1)C2. The minimum atomic E-state index is -0.432. The van der Waals surface area contributed by atoms with Crippen LogP contribution < -0.4 is 21.1 Å². The largest absolute Gasteiger partial charge is 0.494 e. The van der Waals surface area contributed by atoms with Gasteiger partial charge < -0.3 is 25.8 Å². The van der Waals surface area contributed by atoms with Crippen LogP contribution in [-0.2, 0) is 35.3 Å². The van der Waals surface area contributed by atoms with Crippen molar-refractivity contribution in [3.63, 3.8) is 0 Å². The molecule has 0 saturated heterocycles. The first kappa shape index (κ1) is 26.0. The molecule has 1 unspecified atom stereocenters. The Hall–Kier alpha value is -3.11. The van der Waals surface area contributed by atoms with E-state index in [0.717, 1.165) is 51.7 Å². The van der Waals surface area contributed by atoms with Gasteiger partial charge in [-0.1, -0.05) is 18.2 Å². The highest BCUT2D eigenvalue weighted by Gasteiger charge is 2.26. The van der Waals surface area contributed by atoms with E-state index in [9.17, 15) is 9.59 Å². The van der Waals surface area contributed by atoms with E-state index in [1.807, 2.05) is 43.5 Å². The van der Waals surface area contributed by atoms with E-state index >= 15 is 0 Å². The van der Waals surface area contributed by atoms with Crippen LogP contribution >= 0.6 is 22.7 Å². The first-order valence-corrected chi connectivity index (χ1v) is 13.8. The summed E-state index contributed by atoms with van der Waals surface area (Å²) in [5.74, 6) is 0.972. The third-order valence-electron chi connectivity index (χ3n) is 6.06. The number of ether oxygens (including phenoxy) is 2. The van der Waals surface area contributed by atoms with Crippen molar-refractivity contribution in [2.24, 2.45) is 5.92 Å². The zero-order valence-electron chi connectivity index (χ0n) is 20.6. The molecule has 36 heavy (non-hydrogen) atoms. The topological polar surface area (TPSA) is 116 Å². The smallest absolute Gasteiger partial charge is 0.407 e. The highest BCUT2D eigenvalue weighted by molar-refractivity contribution is 7.17. The molecule has 4 rings (SSSR count). The highest BCUT2D eigenvalue weighted by atomic mass is 32.1. The number of nitrogen functional groups attached to an aromatic ring is 1. The number of aryl methyl sites for hydroxylation is 2. The van der Waals surface area contributed by atoms with Crippen LogP contribution in [-0.4, -0.2) is 30.2 Å². The molecule has 2 aromatic heterocycles. The van der Waals surface area contributed by atoms with Gasteiger partial charge in [-0.2, -0.15) is 0 Å². The van der Waals surface area contributed by atoms with Crippen molar-refractivity contribution in [2.45, 2.75) is 52.5 Å². The van der Waals surface area contributed by atoms with E-state index in [-0.39, 0.29) is 11.8 Å². The third-order valence-corrected chi connectivity index (χ3v) is 8.21. The Labute approximate surface area is 219 Å². The van der Waals surface area contributed by atoms with Crippen molar-refractivity contribution < 1.29 is 19.1 Å². The van der Waals surface area contributed by atoms with Gasteiger partial charge in [0.25, 0.3) is 0 Å². The summed E-state index contributed by atoms with van der Waals surface area (Å²) in [5, 5.41) is 9.27. The molecular weight excluding hydrogens is 496 g/mol. The summed E-state index contributed by atoms with van der Waals surface area (Å²) in [6, 6.07) is 7.79. The fraction of sp³-hybridized carbons (Fsp3) is 0.423. The van der Waals surface area contributed by atoms with Gasteiger partial charge in [0.1, 0.15) is 15.8 Å². The molecule has 8 nitrogen and oxygen atoms in total. The van der Waals surface area contributed by atoms with E-state index in [1.165, 1.54) is 22.7 Å². The standard InChI is InChI=1S/C26H32N4O4S2/c1-3-33-20-7-5-4-6-18(20)9-11-22(31)30-25-24(27)19-10-8-17(12-21(19)36-25)14-34-26(32)28-13-23-29-16(2)15-35-23/h4-7,15,17H,3,8-14,27H2,1-2H3,(H,28,32)(H,30,31). The van der Waals surface area contributed by atoms with E-state index in [1.54, 1.807) is 0 Å². The number of carbonyl (C=O) groups excluding carboxylic acids is 2. The monoisotopic (exact) mass is 528 g/mol. The van der Waals surface area contributed by atoms with Gasteiger partial charge in [0.05, 0.1) is 25.4 Å². The van der Waals surface area contributed by atoms with Crippen molar-refractivity contribution in [3.8, 4) is 5.75 Å². The van der Waals surface area contributed by atoms with Gasteiger partial charge in [-0.25, -0.2) is 9.78 Å². The molecule has 0 saturated carbocycles. The fourth-order valence-corrected chi connectivity index (χ4v) is 6.24. The van der Waals surface area contributed by atoms with Crippen LogP contribution in [0.4, 0.5) is 15.5 Å². The van der Waals surface area contributed by atoms with Gasteiger partial charge in [0.2, 0.25) is 5.91 Å². The number of carbonyl (C=O) groups is 2. The molecule has 1 aliphatic rings. The lowest BCUT2D eigenvalue weighted by molar-refractivity contribution is -0.116. The predicted molar refractivity (Wildman–Crippen MR) is 144 cm³/mol. The molecule has 2 amide bonds. The molecule has 0 radical (unpaired) electrons. The number of nitrogens with zero attached hydrogens (tertiary/aromatic N) is 1. The lowest BCUT2D eigenvalue weighted by Gasteiger charge is -2.22. The fourth-order valence-electron chi connectivity index (χ4n) is 4.23. The van der Waals surface area contributed by atoms with Crippen LogP contribution in [0.2, 0.25) is 0 Å². The molecule has 3 aromatic rings. The highest BCUT2D eigenvalue weighted by Crippen LogP contribution is 2.41. The van der Waals surface area contributed by atoms with Gasteiger partial charge in [-0.05, 0) is 62.6 Å². The molecule has 0 fully saturated rings. The number of nitrogens with one attached hydrogen (secondary N) is 2. The third kappa shape index (κ3) is 6.76. The number of anilines is 2. The second-order valence-electron chi connectivity index (χ2n) is 8.78. The molecule has 0 spiro atoms. The molecule has 10 heteroatoms. The molecule has 4 N–H and O–H groups in total. The van der Waals surface area contributed by atoms with Crippen molar-refractivity contribution in [2.75, 3.05) is 24.3 Å². The van der Waals surface area contributed by atoms with E-state index < -0.39 is 6.09 Å². The summed E-state index contributed by atoms with van der Waals surface area (Å²) in [4.78, 5) is 30.2. The van der Waals surface area contributed by atoms with Crippen LogP contribution in [0.5, 0.6) is 5.75 Å². The molecule has 1 aliphatic carbocycles. The predicted octanol–water partition coefficient (Wildman–Crippen LogP) is 5.10. The van der Waals surface area contributed by atoms with Crippen molar-refractivity contribution in [3.05, 3.63) is 56.4 Å². The number of nitrogens with two attached hydrogens (primary N) is 1. The maximum absolute atomic E-state index is 12.7. The number of alkyl carbamates (subject to hydrolysis) is 1. The van der Waals surface area contributed by atoms with Crippen LogP contribution in [0.3, 0.4) is 0 Å². The molecular formula is C26H32N4O4S2.